The first-order chi connectivity index (χ1) is 15.5. The number of phenolic OH excluding ortho intramolecular Hbond substituents is 2. The molecule has 1 aliphatic carbocycles. The number of allylic oxidation sites excluding steroid dienone is 2. The van der Waals surface area contributed by atoms with Gasteiger partial charge in [0.1, 0.15) is 17.7 Å². The number of phenols is 2. The van der Waals surface area contributed by atoms with Crippen molar-refractivity contribution in [2.45, 2.75) is 48.4 Å². The van der Waals surface area contributed by atoms with Crippen molar-refractivity contribution in [1.82, 2.24) is 0 Å². The third-order valence-electron chi connectivity index (χ3n) is 5.94. The van der Waals surface area contributed by atoms with Crippen molar-refractivity contribution in [3.63, 3.8) is 0 Å². The lowest BCUT2D eigenvalue weighted by molar-refractivity contribution is 0.167. The van der Waals surface area contributed by atoms with Crippen LogP contribution in [0.4, 0.5) is 10.1 Å². The molecule has 5 atom stereocenters. The van der Waals surface area contributed by atoms with Crippen LogP contribution in [-0.2, 0) is 4.74 Å². The molecule has 0 saturated carbocycles. The monoisotopic (exact) mass is 457 g/mol. The molecule has 0 bridgehead atoms. The van der Waals surface area contributed by atoms with Gasteiger partial charge in [-0.2, -0.15) is 0 Å². The summed E-state index contributed by atoms with van der Waals surface area (Å²) in [6.45, 7) is 0. The van der Waals surface area contributed by atoms with Gasteiger partial charge >= 0.3 is 0 Å². The van der Waals surface area contributed by atoms with Gasteiger partial charge in [0.05, 0.1) is 12.1 Å². The number of alkyl halides is 1. The van der Waals surface area contributed by atoms with Crippen LogP contribution in [0, 0.1) is 0 Å². The van der Waals surface area contributed by atoms with Gasteiger partial charge < -0.3 is 25.0 Å². The summed E-state index contributed by atoms with van der Waals surface area (Å²) in [5.41, 5.74) is 2.11. The van der Waals surface area contributed by atoms with E-state index in [1.54, 1.807) is 43.2 Å². The Morgan fingerprint density at radius 3 is 2.62 bits per heavy atom. The second kappa shape index (κ2) is 9.98. The number of anilines is 1. The molecular weight excluding hydrogens is 429 g/mol. The summed E-state index contributed by atoms with van der Waals surface area (Å²) < 4.78 is 19.2. The Hall–Kier alpha value is -2.48. The van der Waals surface area contributed by atoms with E-state index >= 15 is 0 Å². The number of aliphatic hydroxyl groups excluding tert-OH is 1. The molecule has 4 rings (SSSR count). The molecule has 32 heavy (non-hydrogen) atoms. The summed E-state index contributed by atoms with van der Waals surface area (Å²) in [6.07, 6.45) is 4.69. The maximum atomic E-state index is 13.4. The summed E-state index contributed by atoms with van der Waals surface area (Å²) in [5.74, 6) is 0.0198. The van der Waals surface area contributed by atoms with Gasteiger partial charge in [0, 0.05) is 36.1 Å². The summed E-state index contributed by atoms with van der Waals surface area (Å²) >= 11 is 1.64. The first-order valence-electron chi connectivity index (χ1n) is 10.7. The van der Waals surface area contributed by atoms with Crippen molar-refractivity contribution < 1.29 is 24.4 Å². The number of aliphatic hydroxyl groups is 1. The Balaban J connectivity index is 1.62. The minimum atomic E-state index is -0.986. The SMILES string of the molecule is COC1S[C@@H](CCC(O)C2=CCC(F)C=C2)[C@@H](c2ccc(O)cc2O)N1c1ccccc1. The fourth-order valence-electron chi connectivity index (χ4n) is 4.36. The minimum Gasteiger partial charge on any atom is -0.508 e. The number of para-hydroxylation sites is 1. The molecule has 5 nitrogen and oxygen atoms in total. The third kappa shape index (κ3) is 4.80. The zero-order valence-electron chi connectivity index (χ0n) is 17.8. The highest BCUT2D eigenvalue weighted by molar-refractivity contribution is 8.00. The predicted octanol–water partition coefficient (Wildman–Crippen LogP) is 5.06. The number of ether oxygens (including phenoxy) is 1. The van der Waals surface area contributed by atoms with Crippen LogP contribution < -0.4 is 4.90 Å². The van der Waals surface area contributed by atoms with Gasteiger partial charge in [-0.25, -0.2) is 4.39 Å². The molecule has 2 aliphatic rings. The topological polar surface area (TPSA) is 73.2 Å². The molecule has 1 aliphatic heterocycles. The zero-order valence-corrected chi connectivity index (χ0v) is 18.7. The van der Waals surface area contributed by atoms with Crippen molar-refractivity contribution in [2.24, 2.45) is 0 Å². The molecule has 0 amide bonds. The Morgan fingerprint density at radius 1 is 1.19 bits per heavy atom. The number of thioether (sulfide) groups is 1. The molecule has 1 heterocycles. The summed E-state index contributed by atoms with van der Waals surface area (Å²) in [4.78, 5) is 2.13. The number of halogens is 1. The molecule has 0 aromatic heterocycles. The Labute approximate surface area is 191 Å². The normalized spacial score (nSPS) is 26.2. The summed E-state index contributed by atoms with van der Waals surface area (Å²) in [6, 6.07) is 14.3. The molecule has 1 fully saturated rings. The second-order valence-corrected chi connectivity index (χ2v) is 9.34. The van der Waals surface area contributed by atoms with Gasteiger partial charge in [-0.15, -0.1) is 11.8 Å². The number of hydrogen-bond acceptors (Lipinski definition) is 6. The van der Waals surface area contributed by atoms with Crippen molar-refractivity contribution in [1.29, 1.82) is 0 Å². The highest BCUT2D eigenvalue weighted by Crippen LogP contribution is 2.51. The Bertz CT molecular complexity index is 983. The third-order valence-corrected chi connectivity index (χ3v) is 7.44. The van der Waals surface area contributed by atoms with E-state index in [0.29, 0.717) is 24.8 Å². The molecule has 0 radical (unpaired) electrons. The number of nitrogens with zero attached hydrogens (tertiary/aromatic N) is 1. The van der Waals surface area contributed by atoms with Crippen molar-refractivity contribution >= 4 is 17.4 Å². The van der Waals surface area contributed by atoms with Gasteiger partial charge in [0.25, 0.3) is 0 Å². The molecule has 2 aromatic carbocycles. The van der Waals surface area contributed by atoms with Crippen LogP contribution >= 0.6 is 11.8 Å². The first kappa shape index (κ1) is 22.7. The molecule has 1 saturated heterocycles. The average Bonchev–Trinajstić information content (AvgIpc) is 3.17. The van der Waals surface area contributed by atoms with E-state index in [4.69, 9.17) is 4.74 Å². The second-order valence-electron chi connectivity index (χ2n) is 8.06. The van der Waals surface area contributed by atoms with Crippen molar-refractivity contribution in [3.8, 4) is 11.5 Å². The maximum Gasteiger partial charge on any atom is 0.179 e. The van der Waals surface area contributed by atoms with Crippen LogP contribution in [0.15, 0.2) is 72.3 Å². The number of hydrogen-bond donors (Lipinski definition) is 3. The van der Waals surface area contributed by atoms with Crippen LogP contribution in [0.5, 0.6) is 11.5 Å². The highest BCUT2D eigenvalue weighted by Gasteiger charge is 2.44. The van der Waals surface area contributed by atoms with Gasteiger partial charge in [-0.1, -0.05) is 36.4 Å². The standard InChI is InChI=1S/C25H28FNO4S/c1-31-25-27(18-5-3-2-4-6-18)24(20-12-11-19(28)15-22(20)30)23(32-25)14-13-21(29)16-7-9-17(26)10-8-16/h2-9,11-12,15,17,21,23-25,28-30H,10,13-14H2,1H3/t17?,21?,23-,24+,25?/m0/s1. The lowest BCUT2D eigenvalue weighted by Gasteiger charge is -2.32. The molecule has 170 valence electrons. The molecule has 7 heteroatoms. The van der Waals surface area contributed by atoms with Crippen LogP contribution in [0.3, 0.4) is 0 Å². The summed E-state index contributed by atoms with van der Waals surface area (Å²) in [5, 5.41) is 31.2. The van der Waals surface area contributed by atoms with Gasteiger partial charge in [-0.05, 0) is 42.7 Å². The van der Waals surface area contributed by atoms with E-state index in [-0.39, 0.29) is 28.4 Å². The van der Waals surface area contributed by atoms with Crippen molar-refractivity contribution in [3.05, 3.63) is 77.9 Å². The smallest absolute Gasteiger partial charge is 0.179 e. The van der Waals surface area contributed by atoms with E-state index in [2.05, 4.69) is 4.90 Å². The fraction of sp³-hybridized carbons (Fsp3) is 0.360. The van der Waals surface area contributed by atoms with Crippen molar-refractivity contribution in [2.75, 3.05) is 12.0 Å². The van der Waals surface area contributed by atoms with Crippen LogP contribution in [0.25, 0.3) is 0 Å². The molecule has 2 aromatic rings. The lowest BCUT2D eigenvalue weighted by atomic mass is 9.93. The van der Waals surface area contributed by atoms with Crippen LogP contribution in [-0.4, -0.2) is 45.5 Å². The molecule has 3 unspecified atom stereocenters. The number of rotatable bonds is 7. The van der Waals surface area contributed by atoms with Gasteiger partial charge in [0.2, 0.25) is 0 Å². The van der Waals surface area contributed by atoms with Crippen LogP contribution in [0.2, 0.25) is 0 Å². The van der Waals surface area contributed by atoms with E-state index in [9.17, 15) is 19.7 Å². The minimum absolute atomic E-state index is 0.000569. The largest absolute Gasteiger partial charge is 0.508 e. The molecular formula is C25H28FNO4S. The van der Waals surface area contributed by atoms with Crippen LogP contribution in [0.1, 0.15) is 30.9 Å². The molecule has 0 spiro atoms. The maximum absolute atomic E-state index is 13.4. The van der Waals surface area contributed by atoms with Gasteiger partial charge in [-0.3, -0.25) is 0 Å². The quantitative estimate of drug-likeness (QED) is 0.540. The first-order valence-corrected chi connectivity index (χ1v) is 11.7. The Kier molecular flexibility index (Phi) is 7.08. The number of methoxy groups -OCH3 is 1. The number of aromatic hydroxyl groups is 2. The lowest BCUT2D eigenvalue weighted by Crippen LogP contribution is -2.33. The van der Waals surface area contributed by atoms with E-state index in [1.165, 1.54) is 12.1 Å². The zero-order chi connectivity index (χ0) is 22.7. The predicted molar refractivity (Wildman–Crippen MR) is 126 cm³/mol. The highest BCUT2D eigenvalue weighted by atomic mass is 32.2. The fourth-order valence-corrected chi connectivity index (χ4v) is 5.85. The van der Waals surface area contributed by atoms with Gasteiger partial charge in [0.15, 0.2) is 5.56 Å². The molecule has 3 N–H and O–H groups in total. The Morgan fingerprint density at radius 2 is 1.97 bits per heavy atom. The van der Waals surface area contributed by atoms with E-state index in [1.807, 2.05) is 30.3 Å². The summed E-state index contributed by atoms with van der Waals surface area (Å²) in [7, 11) is 1.66. The average molecular weight is 458 g/mol. The van der Waals surface area contributed by atoms with E-state index < -0.39 is 12.3 Å². The van der Waals surface area contributed by atoms with E-state index in [0.717, 1.165) is 11.3 Å². The number of benzene rings is 2.